The smallest absolute Gasteiger partial charge is 0.416 e. The van der Waals surface area contributed by atoms with Crippen molar-refractivity contribution in [3.63, 3.8) is 0 Å². The van der Waals surface area contributed by atoms with Crippen LogP contribution in [0.3, 0.4) is 0 Å². The molecule has 0 fully saturated rings. The Bertz CT molecular complexity index is 3860. The molecule has 138 heavy (non-hydrogen) atoms. The Balaban J connectivity index is 0.000000829. The van der Waals surface area contributed by atoms with E-state index in [0.717, 1.165) is 105 Å². The lowest BCUT2D eigenvalue weighted by Gasteiger charge is -2.30. The quantitative estimate of drug-likeness (QED) is 0.0195. The summed E-state index contributed by atoms with van der Waals surface area (Å²) in [5.41, 5.74) is 2.04. The maximum Gasteiger partial charge on any atom is 0.416 e. The summed E-state index contributed by atoms with van der Waals surface area (Å²) in [6.07, 6.45) is 121. The molecule has 0 aliphatic carbocycles. The van der Waals surface area contributed by atoms with E-state index in [0.29, 0.717) is 11.8 Å². The van der Waals surface area contributed by atoms with Gasteiger partial charge in [-0.1, -0.05) is 559 Å². The Kier molecular flexibility index (Phi) is 86.9. The summed E-state index contributed by atoms with van der Waals surface area (Å²) >= 11 is 0. The fraction of sp³-hybridized carbons (Fsp3) is 0.850. The predicted octanol–water partition coefficient (Wildman–Crippen LogP) is 38.5. The summed E-state index contributed by atoms with van der Waals surface area (Å²) in [6.45, 7) is 31.1. The van der Waals surface area contributed by atoms with Gasteiger partial charge in [0.15, 0.2) is 0 Å². The Hall–Kier alpha value is -5.94. The van der Waals surface area contributed by atoms with Crippen molar-refractivity contribution in [3.05, 3.63) is 135 Å². The molecule has 6 rings (SSSR count). The standard InChI is InChI=1S/C22H41NO2.C21H39NO2.2C20H37NO2.C19H35NO2.C18H33NO2/c1-4-7-8-9-10-11-12-13-14-15-16-17-18-22(5-2,6-3)20-19-25-21(24)23-20;1-4-6-7-8-9-10-11-12-13-14-15-16-17-21(3,5-2)19-18-24-20(23)22-19;1-4-5-6-7-8-9-10-11-12-13-14-15-16-20(2,3)18-17-21-19(22)23-18;1-3-5-6-7-8-9-10-11-12-13-14-15-16-18(4-2)19-17-21-20(22)23-19;1-3-4-5-6-7-8-9-10-11-12-13-14-15-17(2)18-16-20-19(21)22-18;1-2-3-4-5-6-7-8-9-10-11-12-13-14-15-17-16-19-18(20)21-17/h19H,4-18H2,1-3H3,(H,23,24);18H,4-17H2,1-3H3,(H,22,23);17H,4-16H2,1-3H3,(H,21,22);17-18H,3-16H2,1-2H3,(H,21,22);16-17H,3-15H2,1-2H3,(H,20,21);16H,2-15H2,1H3,(H,19,20). The van der Waals surface area contributed by atoms with Crippen LogP contribution in [0.5, 0.6) is 0 Å². The van der Waals surface area contributed by atoms with Crippen molar-refractivity contribution in [2.45, 2.75) is 658 Å². The number of H-pyrrole nitrogens is 6. The summed E-state index contributed by atoms with van der Waals surface area (Å²) in [6, 6.07) is 0. The lowest BCUT2D eigenvalue weighted by molar-refractivity contribution is 0.338. The molecule has 0 saturated carbocycles. The average molecular weight is 1940 g/mol. The number of aromatic amines is 6. The van der Waals surface area contributed by atoms with E-state index < -0.39 is 0 Å². The van der Waals surface area contributed by atoms with E-state index in [-0.39, 0.29) is 50.8 Å². The maximum absolute atomic E-state index is 11.3. The van der Waals surface area contributed by atoms with Crippen LogP contribution < -0.4 is 34.5 Å². The molecular weight excluding hydrogens is 1720 g/mol. The summed E-state index contributed by atoms with van der Waals surface area (Å²) in [5.74, 6) is 1.96. The van der Waals surface area contributed by atoms with Gasteiger partial charge in [-0.3, -0.25) is 29.9 Å². The van der Waals surface area contributed by atoms with Gasteiger partial charge in [0, 0.05) is 59.3 Å². The molecule has 3 atom stereocenters. The van der Waals surface area contributed by atoms with Crippen molar-refractivity contribution in [1.82, 2.24) is 29.9 Å². The number of oxazole rings is 6. The number of rotatable bonds is 88. The van der Waals surface area contributed by atoms with Gasteiger partial charge in [0.25, 0.3) is 0 Å². The normalized spacial score (nSPS) is 12.4. The number of aryl methyl sites for hydroxylation is 1. The second-order valence-electron chi connectivity index (χ2n) is 42.5. The van der Waals surface area contributed by atoms with Crippen LogP contribution in [-0.2, 0) is 22.7 Å². The molecule has 0 amide bonds. The van der Waals surface area contributed by atoms with Gasteiger partial charge in [0.1, 0.15) is 35.6 Å². The van der Waals surface area contributed by atoms with E-state index in [9.17, 15) is 28.8 Å². The third-order valence-electron chi connectivity index (χ3n) is 29.8. The first kappa shape index (κ1) is 130. The predicted molar refractivity (Wildman–Crippen MR) is 588 cm³/mol. The lowest BCUT2D eigenvalue weighted by Crippen LogP contribution is -2.25. The summed E-state index contributed by atoms with van der Waals surface area (Å²) in [5, 5.41) is 0. The van der Waals surface area contributed by atoms with Gasteiger partial charge >= 0.3 is 34.5 Å². The SMILES string of the molecule is CCCCCCCCCCCCCCC(C)(C)c1c[nH]c(=O)o1.CCCCCCCCCCCCCCC(C)(CC)c1coc(=O)[nH]1.CCCCCCCCCCCCCCC(C)c1c[nH]c(=O)o1.CCCCCCCCCCCCCCC(CC)(CC)c1coc(=O)[nH]1.CCCCCCCCCCCCCCC(CC)c1c[nH]c(=O)o1.CCCCCCCCCCCCCCCc1c[nH]c(=O)o1. The molecule has 3 unspecified atom stereocenters. The monoisotopic (exact) mass is 1940 g/mol. The molecule has 0 saturated heterocycles. The van der Waals surface area contributed by atoms with Crippen LogP contribution in [-0.4, -0.2) is 29.9 Å². The molecule has 6 N–H and O–H groups in total. The zero-order chi connectivity index (χ0) is 101. The van der Waals surface area contributed by atoms with Gasteiger partial charge in [-0.2, -0.15) is 0 Å². The fourth-order valence-corrected chi connectivity index (χ4v) is 19.5. The Morgan fingerprint density at radius 1 is 0.261 bits per heavy atom. The average Bonchev–Trinajstić information content (AvgIpc) is 1.72. The Morgan fingerprint density at radius 2 is 0.536 bits per heavy atom. The van der Waals surface area contributed by atoms with E-state index in [1.54, 1.807) is 37.3 Å². The highest BCUT2D eigenvalue weighted by Crippen LogP contribution is 2.37. The van der Waals surface area contributed by atoms with Crippen LogP contribution in [0.4, 0.5) is 0 Å². The van der Waals surface area contributed by atoms with Gasteiger partial charge in [0.2, 0.25) is 0 Å². The molecular formula is C120H222N6O12. The fourth-order valence-electron chi connectivity index (χ4n) is 19.5. The lowest BCUT2D eigenvalue weighted by atomic mass is 9.75. The largest absolute Gasteiger partial charge is 0.416 e. The highest BCUT2D eigenvalue weighted by molar-refractivity contribution is 5.12. The van der Waals surface area contributed by atoms with E-state index >= 15 is 0 Å². The summed E-state index contributed by atoms with van der Waals surface area (Å²) < 4.78 is 30.3. The van der Waals surface area contributed by atoms with Crippen molar-refractivity contribution in [2.24, 2.45) is 0 Å². The van der Waals surface area contributed by atoms with Crippen LogP contribution in [0.25, 0.3) is 0 Å². The Morgan fingerprint density at radius 3 is 0.819 bits per heavy atom. The topological polar surface area (TPSA) is 276 Å². The third kappa shape index (κ3) is 72.3. The van der Waals surface area contributed by atoms with E-state index in [2.05, 4.69) is 127 Å². The molecule has 18 nitrogen and oxygen atoms in total. The highest BCUT2D eigenvalue weighted by atomic mass is 16.4. The molecule has 6 heterocycles. The molecule has 6 aromatic heterocycles. The number of aromatic nitrogens is 6. The van der Waals surface area contributed by atoms with E-state index in [4.69, 9.17) is 26.5 Å². The van der Waals surface area contributed by atoms with Crippen molar-refractivity contribution < 1.29 is 26.5 Å². The first-order valence-electron chi connectivity index (χ1n) is 59.3. The van der Waals surface area contributed by atoms with Gasteiger partial charge in [-0.05, 0) is 64.2 Å². The minimum atomic E-state index is -0.345. The van der Waals surface area contributed by atoms with Crippen molar-refractivity contribution in [1.29, 1.82) is 0 Å². The Labute approximate surface area is 844 Å². The summed E-state index contributed by atoms with van der Waals surface area (Å²) in [4.78, 5) is 82.5. The van der Waals surface area contributed by atoms with E-state index in [1.165, 1.54) is 462 Å². The van der Waals surface area contributed by atoms with Crippen LogP contribution in [0, 0.1) is 0 Å². The van der Waals surface area contributed by atoms with Gasteiger partial charge in [-0.15, -0.1) is 0 Å². The number of nitrogens with one attached hydrogen (secondary N) is 6. The molecule has 0 aromatic carbocycles. The number of unbranched alkanes of at least 4 members (excludes halogenated alkanes) is 67. The van der Waals surface area contributed by atoms with Crippen LogP contribution >= 0.6 is 0 Å². The minimum Gasteiger partial charge on any atom is -0.416 e. The molecule has 0 spiro atoms. The molecule has 0 aliphatic heterocycles. The maximum atomic E-state index is 11.3. The third-order valence-corrected chi connectivity index (χ3v) is 29.8. The molecule has 0 radical (unpaired) electrons. The first-order chi connectivity index (χ1) is 67.2. The number of hydrogen-bond acceptors (Lipinski definition) is 12. The van der Waals surface area contributed by atoms with Crippen LogP contribution in [0.15, 0.2) is 92.6 Å². The van der Waals surface area contributed by atoms with Crippen LogP contribution in [0.2, 0.25) is 0 Å². The van der Waals surface area contributed by atoms with Crippen molar-refractivity contribution in [2.75, 3.05) is 0 Å². The van der Waals surface area contributed by atoms with E-state index in [1.807, 2.05) is 0 Å². The van der Waals surface area contributed by atoms with Gasteiger partial charge < -0.3 is 26.5 Å². The first-order valence-corrected chi connectivity index (χ1v) is 59.3. The van der Waals surface area contributed by atoms with Crippen molar-refractivity contribution >= 4 is 0 Å². The summed E-state index contributed by atoms with van der Waals surface area (Å²) in [7, 11) is 0. The molecule has 6 aromatic rings. The molecule has 804 valence electrons. The molecule has 0 aliphatic rings. The molecule has 0 bridgehead atoms. The highest BCUT2D eigenvalue weighted by Gasteiger charge is 2.31. The van der Waals surface area contributed by atoms with Crippen LogP contribution in [0.1, 0.15) is 670 Å². The zero-order valence-corrected chi connectivity index (χ0v) is 92.7. The zero-order valence-electron chi connectivity index (χ0n) is 92.7. The van der Waals surface area contributed by atoms with Gasteiger partial charge in [0.05, 0.1) is 11.4 Å². The minimum absolute atomic E-state index is 0.0440. The van der Waals surface area contributed by atoms with Crippen molar-refractivity contribution in [3.8, 4) is 0 Å². The number of hydrogen-bond donors (Lipinski definition) is 6. The second-order valence-corrected chi connectivity index (χ2v) is 42.5. The van der Waals surface area contributed by atoms with Gasteiger partial charge in [-0.25, -0.2) is 28.8 Å². The second kappa shape index (κ2) is 92.2. The molecule has 18 heteroatoms.